The van der Waals surface area contributed by atoms with Crippen LogP contribution in [0.25, 0.3) is 0 Å². The molecule has 25 heavy (non-hydrogen) atoms. The number of urea groups is 1. The first kappa shape index (κ1) is 18.5. The number of nitrogens with zero attached hydrogens (tertiary/aromatic N) is 3. The molecule has 134 valence electrons. The van der Waals surface area contributed by atoms with E-state index < -0.39 is 0 Å². The van der Waals surface area contributed by atoms with Gasteiger partial charge in [-0.15, -0.1) is 0 Å². The molecule has 7 heteroatoms. The van der Waals surface area contributed by atoms with Gasteiger partial charge in [0.1, 0.15) is 17.5 Å². The molecule has 3 N–H and O–H groups in total. The van der Waals surface area contributed by atoms with Crippen LogP contribution in [-0.2, 0) is 6.42 Å². The highest BCUT2D eigenvalue weighted by molar-refractivity contribution is 5.90. The molecule has 0 aliphatic heterocycles. The molecular formula is C18H26N6O. The third-order valence-electron chi connectivity index (χ3n) is 3.65. The van der Waals surface area contributed by atoms with E-state index in [0.717, 1.165) is 29.3 Å². The van der Waals surface area contributed by atoms with E-state index in [2.05, 4.69) is 32.8 Å². The number of aromatic nitrogens is 2. The summed E-state index contributed by atoms with van der Waals surface area (Å²) in [5, 5.41) is 8.92. The Labute approximate surface area is 148 Å². The highest BCUT2D eigenvalue weighted by Crippen LogP contribution is 2.15. The van der Waals surface area contributed by atoms with Crippen molar-refractivity contribution < 1.29 is 4.79 Å². The average molecular weight is 342 g/mol. The normalized spacial score (nSPS) is 10.2. The standard InChI is InChI=1S/C18H26N6O/c1-5-14-8-6-7-9-15(14)23-18(25)20-11-10-19-16-12-17(24(3)4)22-13(2)21-16/h6-9,12H,5,10-11H2,1-4H3,(H,19,21,22)(H2,20,23,25). The number of rotatable bonds is 7. The molecule has 0 atom stereocenters. The summed E-state index contributed by atoms with van der Waals surface area (Å²) in [5.41, 5.74) is 1.96. The van der Waals surface area contributed by atoms with Crippen LogP contribution < -0.4 is 20.9 Å². The third kappa shape index (κ3) is 5.63. The Hall–Kier alpha value is -2.83. The van der Waals surface area contributed by atoms with E-state index in [1.54, 1.807) is 0 Å². The molecule has 0 spiro atoms. The summed E-state index contributed by atoms with van der Waals surface area (Å²) in [7, 11) is 3.87. The van der Waals surface area contributed by atoms with Crippen LogP contribution in [0.1, 0.15) is 18.3 Å². The van der Waals surface area contributed by atoms with Crippen LogP contribution in [-0.4, -0.2) is 43.2 Å². The monoisotopic (exact) mass is 342 g/mol. The fourth-order valence-corrected chi connectivity index (χ4v) is 2.36. The van der Waals surface area contributed by atoms with E-state index in [1.165, 1.54) is 0 Å². The Morgan fingerprint density at radius 3 is 2.64 bits per heavy atom. The molecule has 0 aliphatic carbocycles. The highest BCUT2D eigenvalue weighted by Gasteiger charge is 2.06. The van der Waals surface area contributed by atoms with Crippen molar-refractivity contribution in [1.82, 2.24) is 15.3 Å². The molecular weight excluding hydrogens is 316 g/mol. The van der Waals surface area contributed by atoms with Crippen molar-refractivity contribution in [1.29, 1.82) is 0 Å². The van der Waals surface area contributed by atoms with Crippen LogP contribution >= 0.6 is 0 Å². The van der Waals surface area contributed by atoms with Crippen molar-refractivity contribution in [3.63, 3.8) is 0 Å². The first-order valence-electron chi connectivity index (χ1n) is 8.39. The largest absolute Gasteiger partial charge is 0.368 e. The van der Waals surface area contributed by atoms with Crippen LogP contribution in [0.15, 0.2) is 30.3 Å². The van der Waals surface area contributed by atoms with Gasteiger partial charge in [-0.25, -0.2) is 14.8 Å². The lowest BCUT2D eigenvalue weighted by atomic mass is 10.1. The first-order valence-corrected chi connectivity index (χ1v) is 8.39. The quantitative estimate of drug-likeness (QED) is 0.674. The number of carbonyl (C=O) groups is 1. The van der Waals surface area contributed by atoms with Crippen molar-refractivity contribution in [3.8, 4) is 0 Å². The number of amides is 2. The number of para-hydroxylation sites is 1. The van der Waals surface area contributed by atoms with E-state index in [4.69, 9.17) is 0 Å². The summed E-state index contributed by atoms with van der Waals surface area (Å²) < 4.78 is 0. The fraction of sp³-hybridized carbons (Fsp3) is 0.389. The fourth-order valence-electron chi connectivity index (χ4n) is 2.36. The SMILES string of the molecule is CCc1ccccc1NC(=O)NCCNc1cc(N(C)C)nc(C)n1. The van der Waals surface area contributed by atoms with E-state index in [-0.39, 0.29) is 6.03 Å². The molecule has 0 saturated carbocycles. The Kier molecular flexibility index (Phi) is 6.56. The van der Waals surface area contributed by atoms with Crippen LogP contribution in [0.4, 0.5) is 22.1 Å². The Morgan fingerprint density at radius 1 is 1.16 bits per heavy atom. The number of hydrogen-bond donors (Lipinski definition) is 3. The average Bonchev–Trinajstić information content (AvgIpc) is 2.58. The first-order chi connectivity index (χ1) is 12.0. The summed E-state index contributed by atoms with van der Waals surface area (Å²) in [6.45, 7) is 4.98. The molecule has 1 heterocycles. The molecule has 1 aromatic carbocycles. The minimum atomic E-state index is -0.212. The molecule has 1 aromatic heterocycles. The van der Waals surface area contributed by atoms with Gasteiger partial charge in [-0.1, -0.05) is 25.1 Å². The van der Waals surface area contributed by atoms with Crippen molar-refractivity contribution >= 4 is 23.4 Å². The van der Waals surface area contributed by atoms with Gasteiger partial charge in [0.05, 0.1) is 0 Å². The van der Waals surface area contributed by atoms with Crippen molar-refractivity contribution in [3.05, 3.63) is 41.7 Å². The van der Waals surface area contributed by atoms with E-state index in [9.17, 15) is 4.79 Å². The van der Waals surface area contributed by atoms with Gasteiger partial charge in [0, 0.05) is 38.9 Å². The zero-order valence-corrected chi connectivity index (χ0v) is 15.3. The second-order valence-corrected chi connectivity index (χ2v) is 5.87. The van der Waals surface area contributed by atoms with Gasteiger partial charge in [0.15, 0.2) is 0 Å². The maximum absolute atomic E-state index is 12.0. The molecule has 2 amide bonds. The summed E-state index contributed by atoms with van der Waals surface area (Å²) in [4.78, 5) is 22.6. The Balaban J connectivity index is 1.80. The van der Waals surface area contributed by atoms with Crippen LogP contribution in [0.5, 0.6) is 0 Å². The number of benzene rings is 1. The third-order valence-corrected chi connectivity index (χ3v) is 3.65. The number of nitrogens with one attached hydrogen (secondary N) is 3. The molecule has 0 saturated heterocycles. The minimum Gasteiger partial charge on any atom is -0.368 e. The summed E-state index contributed by atoms with van der Waals surface area (Å²) in [6.07, 6.45) is 0.874. The van der Waals surface area contributed by atoms with Crippen LogP contribution in [0.3, 0.4) is 0 Å². The number of anilines is 3. The van der Waals surface area contributed by atoms with Gasteiger partial charge in [-0.2, -0.15) is 0 Å². The molecule has 2 rings (SSSR count). The molecule has 0 fully saturated rings. The number of aryl methyl sites for hydroxylation is 2. The molecule has 0 radical (unpaired) electrons. The zero-order valence-electron chi connectivity index (χ0n) is 15.3. The van der Waals surface area contributed by atoms with E-state index in [1.807, 2.05) is 56.3 Å². The van der Waals surface area contributed by atoms with Crippen LogP contribution in [0.2, 0.25) is 0 Å². The predicted octanol–water partition coefficient (Wildman–Crippen LogP) is 2.65. The van der Waals surface area contributed by atoms with Gasteiger partial charge in [0.25, 0.3) is 0 Å². The molecule has 2 aromatic rings. The molecule has 0 unspecified atom stereocenters. The lowest BCUT2D eigenvalue weighted by Crippen LogP contribution is -2.33. The van der Waals surface area contributed by atoms with Crippen molar-refractivity contribution in [2.75, 3.05) is 42.7 Å². The van der Waals surface area contributed by atoms with Gasteiger partial charge in [-0.05, 0) is 25.0 Å². The van der Waals surface area contributed by atoms with E-state index >= 15 is 0 Å². The summed E-state index contributed by atoms with van der Waals surface area (Å²) >= 11 is 0. The highest BCUT2D eigenvalue weighted by atomic mass is 16.2. The number of hydrogen-bond acceptors (Lipinski definition) is 5. The maximum Gasteiger partial charge on any atom is 0.319 e. The predicted molar refractivity (Wildman–Crippen MR) is 102 cm³/mol. The minimum absolute atomic E-state index is 0.212. The summed E-state index contributed by atoms with van der Waals surface area (Å²) in [5.74, 6) is 2.29. The second-order valence-electron chi connectivity index (χ2n) is 5.87. The topological polar surface area (TPSA) is 82.2 Å². The van der Waals surface area contributed by atoms with Crippen molar-refractivity contribution in [2.24, 2.45) is 0 Å². The smallest absolute Gasteiger partial charge is 0.319 e. The van der Waals surface area contributed by atoms with Gasteiger partial charge in [-0.3, -0.25) is 0 Å². The van der Waals surface area contributed by atoms with Gasteiger partial charge >= 0.3 is 6.03 Å². The van der Waals surface area contributed by atoms with E-state index in [0.29, 0.717) is 18.9 Å². The molecule has 7 nitrogen and oxygen atoms in total. The lowest BCUT2D eigenvalue weighted by Gasteiger charge is -2.14. The Bertz CT molecular complexity index is 716. The Morgan fingerprint density at radius 2 is 1.92 bits per heavy atom. The maximum atomic E-state index is 12.0. The molecule has 0 bridgehead atoms. The van der Waals surface area contributed by atoms with Gasteiger partial charge < -0.3 is 20.9 Å². The zero-order chi connectivity index (χ0) is 18.2. The van der Waals surface area contributed by atoms with Crippen LogP contribution in [0, 0.1) is 6.92 Å². The molecule has 0 aliphatic rings. The van der Waals surface area contributed by atoms with Crippen molar-refractivity contribution in [2.45, 2.75) is 20.3 Å². The lowest BCUT2D eigenvalue weighted by molar-refractivity contribution is 0.252. The second kappa shape index (κ2) is 8.86. The van der Waals surface area contributed by atoms with Gasteiger partial charge in [0.2, 0.25) is 0 Å². The number of carbonyl (C=O) groups excluding carboxylic acids is 1. The summed E-state index contributed by atoms with van der Waals surface area (Å²) in [6, 6.07) is 9.47.